The Labute approximate surface area is 210 Å². The number of rotatable bonds is 6. The zero-order valence-corrected chi connectivity index (χ0v) is 20.2. The molecule has 0 unspecified atom stereocenters. The summed E-state index contributed by atoms with van der Waals surface area (Å²) < 4.78 is 52.1. The Balaban J connectivity index is 1.45. The van der Waals surface area contributed by atoms with E-state index >= 15 is 0 Å². The van der Waals surface area contributed by atoms with Crippen molar-refractivity contribution in [3.8, 4) is 5.75 Å². The van der Waals surface area contributed by atoms with Crippen molar-refractivity contribution >= 4 is 40.8 Å². The first-order valence-corrected chi connectivity index (χ1v) is 11.8. The standard InChI is InChI=1S/C24H24F3N5O3S/c1-29-11-19-18(24(25,26)27)9-16(10-30-19)31-20(33)23(7-2-8-23)32(21(31)36)15-3-5-17(6-4-15)35-14-22(28)12-34-13-22/h3-6,9-11H,2,7-8,12-14,28H2,1H3. The average molecular weight is 520 g/mol. The predicted molar refractivity (Wildman–Crippen MR) is 132 cm³/mol. The van der Waals surface area contributed by atoms with E-state index in [2.05, 4.69) is 9.98 Å². The number of ether oxygens (including phenoxy) is 2. The van der Waals surface area contributed by atoms with E-state index in [1.165, 1.54) is 13.2 Å². The van der Waals surface area contributed by atoms with Crippen molar-refractivity contribution < 1.29 is 27.4 Å². The second kappa shape index (κ2) is 8.79. The Bertz CT molecular complexity index is 1230. The predicted octanol–water partition coefficient (Wildman–Crippen LogP) is 3.32. The average Bonchev–Trinajstić information content (AvgIpc) is 3.03. The van der Waals surface area contributed by atoms with Gasteiger partial charge in [0.05, 0.1) is 41.9 Å². The zero-order chi connectivity index (χ0) is 25.7. The molecule has 2 aromatic rings. The Kier molecular flexibility index (Phi) is 6.00. The molecule has 1 aromatic heterocycles. The van der Waals surface area contributed by atoms with E-state index < -0.39 is 22.8 Å². The lowest BCUT2D eigenvalue weighted by molar-refractivity contribution is -0.138. The maximum Gasteiger partial charge on any atom is 0.418 e. The Morgan fingerprint density at radius 1 is 1.25 bits per heavy atom. The molecule has 3 fully saturated rings. The van der Waals surface area contributed by atoms with Gasteiger partial charge in [-0.3, -0.25) is 19.7 Å². The van der Waals surface area contributed by atoms with Crippen LogP contribution in [0.25, 0.3) is 0 Å². The molecule has 1 saturated carbocycles. The minimum absolute atomic E-state index is 0.0322. The third-order valence-corrected chi connectivity index (χ3v) is 7.08. The number of anilines is 2. The number of aliphatic imine (C=N–C) groups is 1. The van der Waals surface area contributed by atoms with Gasteiger partial charge in [0.2, 0.25) is 0 Å². The first kappa shape index (κ1) is 24.6. The van der Waals surface area contributed by atoms with Crippen LogP contribution in [0.5, 0.6) is 5.75 Å². The highest BCUT2D eigenvalue weighted by atomic mass is 32.1. The molecule has 36 heavy (non-hydrogen) atoms. The Morgan fingerprint density at radius 2 is 1.94 bits per heavy atom. The van der Waals surface area contributed by atoms with E-state index in [-0.39, 0.29) is 22.4 Å². The van der Waals surface area contributed by atoms with Crippen LogP contribution >= 0.6 is 12.2 Å². The molecule has 0 atom stereocenters. The van der Waals surface area contributed by atoms with Gasteiger partial charge in [-0.15, -0.1) is 0 Å². The lowest BCUT2D eigenvalue weighted by Crippen LogP contribution is -2.61. The third kappa shape index (κ3) is 4.02. The molecule has 1 spiro atoms. The largest absolute Gasteiger partial charge is 0.491 e. The van der Waals surface area contributed by atoms with Crippen LogP contribution in [0.1, 0.15) is 30.5 Å². The molecule has 8 nitrogen and oxygen atoms in total. The molecule has 0 radical (unpaired) electrons. The molecule has 1 amide bonds. The van der Waals surface area contributed by atoms with E-state index in [0.717, 1.165) is 23.6 Å². The van der Waals surface area contributed by atoms with Gasteiger partial charge in [0.25, 0.3) is 5.91 Å². The normalized spacial score (nSPS) is 20.7. The van der Waals surface area contributed by atoms with Crippen LogP contribution in [0.3, 0.4) is 0 Å². The first-order chi connectivity index (χ1) is 17.1. The number of amides is 1. The van der Waals surface area contributed by atoms with Crippen molar-refractivity contribution in [3.05, 3.63) is 47.8 Å². The number of aromatic nitrogens is 1. The van der Waals surface area contributed by atoms with Gasteiger partial charge in [-0.05, 0) is 61.8 Å². The summed E-state index contributed by atoms with van der Waals surface area (Å²) in [5, 5.41) is 0.104. The topological polar surface area (TPSA) is 93.3 Å². The second-order valence-electron chi connectivity index (χ2n) is 9.29. The zero-order valence-electron chi connectivity index (χ0n) is 19.4. The number of thiocarbonyl (C=S) groups is 1. The van der Waals surface area contributed by atoms with Gasteiger partial charge < -0.3 is 20.1 Å². The quantitative estimate of drug-likeness (QED) is 0.462. The van der Waals surface area contributed by atoms with Crippen LogP contribution in [0.2, 0.25) is 0 Å². The number of benzene rings is 1. The summed E-state index contributed by atoms with van der Waals surface area (Å²) in [7, 11) is 1.36. The Morgan fingerprint density at radius 3 is 2.47 bits per heavy atom. The number of carbonyl (C=O) groups excluding carboxylic acids is 1. The first-order valence-electron chi connectivity index (χ1n) is 11.4. The van der Waals surface area contributed by atoms with Gasteiger partial charge in [-0.1, -0.05) is 0 Å². The van der Waals surface area contributed by atoms with E-state index in [4.69, 9.17) is 27.4 Å². The van der Waals surface area contributed by atoms with Crippen LogP contribution in [-0.4, -0.2) is 60.2 Å². The van der Waals surface area contributed by atoms with Crippen LogP contribution in [0.4, 0.5) is 24.5 Å². The van der Waals surface area contributed by atoms with Crippen LogP contribution in [-0.2, 0) is 15.7 Å². The van der Waals surface area contributed by atoms with E-state index in [1.807, 2.05) is 0 Å². The SMILES string of the molecule is CN=Cc1ncc(N2C(=O)C3(CCC3)N(c3ccc(OCC4(N)COC4)cc3)C2=S)cc1C(F)(F)F. The molecule has 12 heteroatoms. The molecular formula is C24H24F3N5O3S. The number of nitrogens with two attached hydrogens (primary N) is 1. The summed E-state index contributed by atoms with van der Waals surface area (Å²) in [4.78, 5) is 24.1. The van der Waals surface area contributed by atoms with Crippen LogP contribution in [0, 0.1) is 0 Å². The summed E-state index contributed by atoms with van der Waals surface area (Å²) in [5.74, 6) is 0.236. The fourth-order valence-electron chi connectivity index (χ4n) is 4.61. The second-order valence-corrected chi connectivity index (χ2v) is 9.66. The van der Waals surface area contributed by atoms with Gasteiger partial charge in [-0.2, -0.15) is 13.2 Å². The molecule has 3 aliphatic rings. The van der Waals surface area contributed by atoms with Crippen LogP contribution < -0.4 is 20.3 Å². The number of nitrogens with zero attached hydrogens (tertiary/aromatic N) is 4. The smallest absolute Gasteiger partial charge is 0.418 e. The molecule has 2 N–H and O–H groups in total. The number of halogens is 3. The summed E-state index contributed by atoms with van der Waals surface area (Å²) in [6.45, 7) is 1.17. The van der Waals surface area contributed by atoms with Crippen molar-refractivity contribution in [2.75, 3.05) is 36.7 Å². The summed E-state index contributed by atoms with van der Waals surface area (Å²) in [6, 6.07) is 7.96. The molecule has 190 valence electrons. The number of alkyl halides is 3. The highest BCUT2D eigenvalue weighted by molar-refractivity contribution is 7.81. The highest BCUT2D eigenvalue weighted by Gasteiger charge is 2.59. The summed E-state index contributed by atoms with van der Waals surface area (Å²) in [6.07, 6.45) is -0.548. The number of hydrogen-bond donors (Lipinski definition) is 1. The maximum atomic E-state index is 13.7. The van der Waals surface area contributed by atoms with Crippen molar-refractivity contribution in [3.63, 3.8) is 0 Å². The molecule has 1 aliphatic carbocycles. The number of carbonyl (C=O) groups is 1. The number of pyridine rings is 1. The van der Waals surface area contributed by atoms with E-state index in [1.54, 1.807) is 29.2 Å². The van der Waals surface area contributed by atoms with Gasteiger partial charge in [0.15, 0.2) is 5.11 Å². The highest BCUT2D eigenvalue weighted by Crippen LogP contribution is 2.48. The number of hydrogen-bond acceptors (Lipinski definition) is 7. The van der Waals surface area contributed by atoms with E-state index in [0.29, 0.717) is 44.1 Å². The van der Waals surface area contributed by atoms with Crippen LogP contribution in [0.15, 0.2) is 41.5 Å². The molecule has 2 saturated heterocycles. The molecule has 5 rings (SSSR count). The van der Waals surface area contributed by atoms with Gasteiger partial charge in [0.1, 0.15) is 17.9 Å². The minimum Gasteiger partial charge on any atom is -0.491 e. The van der Waals surface area contributed by atoms with Crippen molar-refractivity contribution in [1.29, 1.82) is 0 Å². The van der Waals surface area contributed by atoms with Crippen molar-refractivity contribution in [2.24, 2.45) is 10.7 Å². The fraction of sp³-hybridized carbons (Fsp3) is 0.417. The van der Waals surface area contributed by atoms with Crippen molar-refractivity contribution in [2.45, 2.75) is 36.5 Å². The Hall–Kier alpha value is -3.09. The lowest BCUT2D eigenvalue weighted by atomic mass is 9.75. The van der Waals surface area contributed by atoms with Gasteiger partial charge in [-0.25, -0.2) is 0 Å². The van der Waals surface area contributed by atoms with Gasteiger partial charge >= 0.3 is 6.18 Å². The fourth-order valence-corrected chi connectivity index (χ4v) is 5.08. The molecule has 3 heterocycles. The minimum atomic E-state index is -4.68. The molecule has 0 bridgehead atoms. The molecular weight excluding hydrogens is 495 g/mol. The third-order valence-electron chi connectivity index (χ3n) is 6.71. The monoisotopic (exact) mass is 519 g/mol. The summed E-state index contributed by atoms with van der Waals surface area (Å²) in [5.41, 5.74) is 3.97. The lowest BCUT2D eigenvalue weighted by Gasteiger charge is -2.43. The maximum absolute atomic E-state index is 13.7. The van der Waals surface area contributed by atoms with Crippen molar-refractivity contribution in [1.82, 2.24) is 4.98 Å². The molecule has 1 aromatic carbocycles. The molecule has 2 aliphatic heterocycles. The van der Waals surface area contributed by atoms with Gasteiger partial charge in [0, 0.05) is 18.9 Å². The summed E-state index contributed by atoms with van der Waals surface area (Å²) >= 11 is 5.66. The van der Waals surface area contributed by atoms with E-state index in [9.17, 15) is 18.0 Å².